The molecule has 0 aliphatic heterocycles. The molecule has 0 bridgehead atoms. The molecule has 2 aromatic carbocycles. The van der Waals surface area contributed by atoms with Gasteiger partial charge in [0.05, 0.1) is 21.7 Å². The molecule has 0 heterocycles. The van der Waals surface area contributed by atoms with Crippen LogP contribution in [0.25, 0.3) is 0 Å². The Morgan fingerprint density at radius 2 is 1.67 bits per heavy atom. The second-order valence-electron chi connectivity index (χ2n) is 7.50. The first-order chi connectivity index (χ1) is 12.7. The third-order valence-electron chi connectivity index (χ3n) is 4.28. The lowest BCUT2D eigenvalue weighted by Gasteiger charge is -2.37. The van der Waals surface area contributed by atoms with Gasteiger partial charge < -0.3 is 10.4 Å². The van der Waals surface area contributed by atoms with Crippen LogP contribution in [0, 0.1) is 0 Å². The van der Waals surface area contributed by atoms with E-state index in [0.29, 0.717) is 13.1 Å². The maximum absolute atomic E-state index is 12.4. The number of aliphatic hydroxyl groups is 1. The van der Waals surface area contributed by atoms with E-state index >= 15 is 0 Å². The molecule has 0 saturated heterocycles. The van der Waals surface area contributed by atoms with Gasteiger partial charge in [0.2, 0.25) is 0 Å². The molecule has 2 rings (SSSR count). The lowest BCUT2D eigenvalue weighted by molar-refractivity contribution is 0.0512. The topological polar surface area (TPSA) is 52.6 Å². The van der Waals surface area contributed by atoms with Gasteiger partial charge in [0.25, 0.3) is 5.91 Å². The molecule has 27 heavy (non-hydrogen) atoms. The smallest absolute Gasteiger partial charge is 0.254 e. The van der Waals surface area contributed by atoms with Crippen LogP contribution in [0.5, 0.6) is 0 Å². The van der Waals surface area contributed by atoms with Crippen LogP contribution >= 0.6 is 23.2 Å². The Hall–Kier alpha value is -1.59. The van der Waals surface area contributed by atoms with Crippen LogP contribution in [0.2, 0.25) is 10.0 Å². The molecule has 0 aliphatic carbocycles. The van der Waals surface area contributed by atoms with Gasteiger partial charge >= 0.3 is 0 Å². The van der Waals surface area contributed by atoms with Gasteiger partial charge in [-0.15, -0.1) is 0 Å². The van der Waals surface area contributed by atoms with Crippen molar-refractivity contribution in [3.63, 3.8) is 0 Å². The molecule has 1 amide bonds. The first-order valence-electron chi connectivity index (χ1n) is 8.87. The summed E-state index contributed by atoms with van der Waals surface area (Å²) in [6.45, 7) is 7.56. The summed E-state index contributed by atoms with van der Waals surface area (Å²) in [6.07, 6.45) is -0.724. The molecule has 146 valence electrons. The lowest BCUT2D eigenvalue weighted by atomic mass is 10.0. The number of rotatable bonds is 7. The summed E-state index contributed by atoms with van der Waals surface area (Å²) in [7, 11) is 0. The van der Waals surface area contributed by atoms with Gasteiger partial charge in [-0.3, -0.25) is 9.69 Å². The van der Waals surface area contributed by atoms with Crippen molar-refractivity contribution in [1.29, 1.82) is 0 Å². The first kappa shape index (κ1) is 21.7. The average Bonchev–Trinajstić information content (AvgIpc) is 2.59. The molecule has 0 aromatic heterocycles. The maximum Gasteiger partial charge on any atom is 0.254 e. The van der Waals surface area contributed by atoms with Gasteiger partial charge in [0, 0.05) is 25.2 Å². The minimum Gasteiger partial charge on any atom is -0.390 e. The van der Waals surface area contributed by atoms with Gasteiger partial charge in [0.1, 0.15) is 0 Å². The van der Waals surface area contributed by atoms with E-state index < -0.39 is 12.0 Å². The number of hydrogen-bond donors (Lipinski definition) is 2. The molecule has 2 aromatic rings. The summed E-state index contributed by atoms with van der Waals surface area (Å²) in [5.74, 6) is -0.394. The SMILES string of the molecule is CC(C)(C)N(Cc1ccccc1)CC(O)CNC(=O)c1c(Cl)cccc1Cl. The average molecular weight is 409 g/mol. The molecule has 6 heteroatoms. The molecule has 0 spiro atoms. The summed E-state index contributed by atoms with van der Waals surface area (Å²) in [5, 5.41) is 13.8. The molecule has 0 radical (unpaired) electrons. The van der Waals surface area contributed by atoms with Crippen molar-refractivity contribution < 1.29 is 9.90 Å². The summed E-state index contributed by atoms with van der Waals surface area (Å²) >= 11 is 12.1. The number of aliphatic hydroxyl groups excluding tert-OH is 1. The summed E-state index contributed by atoms with van der Waals surface area (Å²) in [6, 6.07) is 15.0. The molecule has 0 saturated carbocycles. The number of nitrogens with one attached hydrogen (secondary N) is 1. The van der Waals surface area contributed by atoms with E-state index in [-0.39, 0.29) is 27.7 Å². The number of hydrogen-bond acceptors (Lipinski definition) is 3. The van der Waals surface area contributed by atoms with Crippen LogP contribution < -0.4 is 5.32 Å². The third kappa shape index (κ3) is 6.51. The zero-order valence-electron chi connectivity index (χ0n) is 15.9. The van der Waals surface area contributed by atoms with Crippen LogP contribution in [-0.4, -0.2) is 40.6 Å². The summed E-state index contributed by atoms with van der Waals surface area (Å²) in [4.78, 5) is 14.5. The molecule has 1 unspecified atom stereocenters. The maximum atomic E-state index is 12.4. The third-order valence-corrected chi connectivity index (χ3v) is 4.91. The van der Waals surface area contributed by atoms with E-state index in [1.54, 1.807) is 18.2 Å². The fraction of sp³-hybridized carbons (Fsp3) is 0.381. The first-order valence-corrected chi connectivity index (χ1v) is 9.63. The highest BCUT2D eigenvalue weighted by Gasteiger charge is 2.24. The van der Waals surface area contributed by atoms with Crippen molar-refractivity contribution in [1.82, 2.24) is 10.2 Å². The molecule has 0 aliphatic rings. The van der Waals surface area contributed by atoms with Gasteiger partial charge in [-0.1, -0.05) is 59.6 Å². The minimum atomic E-state index is -0.724. The Kier molecular flexibility index (Phi) is 7.68. The number of amides is 1. The fourth-order valence-electron chi connectivity index (χ4n) is 2.71. The van der Waals surface area contributed by atoms with Crippen molar-refractivity contribution >= 4 is 29.1 Å². The van der Waals surface area contributed by atoms with E-state index in [9.17, 15) is 9.90 Å². The number of nitrogens with zero attached hydrogens (tertiary/aromatic N) is 1. The van der Waals surface area contributed by atoms with E-state index in [1.165, 1.54) is 5.56 Å². The Bertz CT molecular complexity index is 740. The second-order valence-corrected chi connectivity index (χ2v) is 8.31. The van der Waals surface area contributed by atoms with E-state index in [2.05, 4.69) is 43.1 Å². The molecule has 1 atom stereocenters. The van der Waals surface area contributed by atoms with Gasteiger partial charge in [-0.2, -0.15) is 0 Å². The highest BCUT2D eigenvalue weighted by molar-refractivity contribution is 6.39. The lowest BCUT2D eigenvalue weighted by Crippen LogP contribution is -2.47. The molecule has 4 nitrogen and oxygen atoms in total. The van der Waals surface area contributed by atoms with Crippen LogP contribution in [0.3, 0.4) is 0 Å². The second kappa shape index (κ2) is 9.56. The molecule has 0 fully saturated rings. The zero-order chi connectivity index (χ0) is 20.0. The normalized spacial score (nSPS) is 12.9. The quantitative estimate of drug-likeness (QED) is 0.714. The predicted octanol–water partition coefficient (Wildman–Crippen LogP) is 4.38. The predicted molar refractivity (Wildman–Crippen MR) is 111 cm³/mol. The number of carbonyl (C=O) groups excluding carboxylic acids is 1. The molecular formula is C21H26Cl2N2O2. The minimum absolute atomic E-state index is 0.113. The molecule has 2 N–H and O–H groups in total. The summed E-state index contributed by atoms with van der Waals surface area (Å²) in [5.41, 5.74) is 1.27. The van der Waals surface area contributed by atoms with E-state index in [0.717, 1.165) is 0 Å². The van der Waals surface area contributed by atoms with Crippen molar-refractivity contribution in [2.75, 3.05) is 13.1 Å². The number of carbonyl (C=O) groups is 1. The van der Waals surface area contributed by atoms with Crippen LogP contribution in [0.15, 0.2) is 48.5 Å². The highest BCUT2D eigenvalue weighted by Crippen LogP contribution is 2.24. The Labute approximate surface area is 171 Å². The largest absolute Gasteiger partial charge is 0.390 e. The van der Waals surface area contributed by atoms with Crippen molar-refractivity contribution in [3.8, 4) is 0 Å². The monoisotopic (exact) mass is 408 g/mol. The van der Waals surface area contributed by atoms with Gasteiger partial charge in [-0.25, -0.2) is 0 Å². The molecular weight excluding hydrogens is 383 g/mol. The van der Waals surface area contributed by atoms with E-state index in [4.69, 9.17) is 23.2 Å². The van der Waals surface area contributed by atoms with Crippen LogP contribution in [0.4, 0.5) is 0 Å². The fourth-order valence-corrected chi connectivity index (χ4v) is 3.28. The number of benzene rings is 2. The van der Waals surface area contributed by atoms with Crippen molar-refractivity contribution in [2.45, 2.75) is 39.0 Å². The van der Waals surface area contributed by atoms with Gasteiger partial charge in [0.15, 0.2) is 0 Å². The van der Waals surface area contributed by atoms with Crippen LogP contribution in [0.1, 0.15) is 36.7 Å². The Balaban J connectivity index is 1.97. The Morgan fingerprint density at radius 1 is 1.07 bits per heavy atom. The van der Waals surface area contributed by atoms with Crippen LogP contribution in [-0.2, 0) is 6.54 Å². The van der Waals surface area contributed by atoms with Gasteiger partial charge in [-0.05, 0) is 38.5 Å². The van der Waals surface area contributed by atoms with E-state index in [1.807, 2.05) is 18.2 Å². The number of halogens is 2. The highest BCUT2D eigenvalue weighted by atomic mass is 35.5. The summed E-state index contributed by atoms with van der Waals surface area (Å²) < 4.78 is 0. The van der Waals surface area contributed by atoms with Crippen molar-refractivity contribution in [2.24, 2.45) is 0 Å². The number of β-amino-alcohol motifs (C(OH)–C–C–N with tert-alkyl or cyclic N) is 1. The Morgan fingerprint density at radius 3 is 2.22 bits per heavy atom. The van der Waals surface area contributed by atoms with Crippen molar-refractivity contribution in [3.05, 3.63) is 69.7 Å². The zero-order valence-corrected chi connectivity index (χ0v) is 17.4. The standard InChI is InChI=1S/C21H26Cl2N2O2/c1-21(2,3)25(13-15-8-5-4-6-9-15)14-16(26)12-24-20(27)19-17(22)10-7-11-18(19)23/h4-11,16,26H,12-14H2,1-3H3,(H,24,27).